The zero-order chi connectivity index (χ0) is 10.8. The van der Waals surface area contributed by atoms with Crippen LogP contribution in [0.15, 0.2) is 53.2 Å². The van der Waals surface area contributed by atoms with Gasteiger partial charge in [0, 0.05) is 5.56 Å². The molecule has 80 valence electrons. The highest BCUT2D eigenvalue weighted by Crippen LogP contribution is 2.19. The van der Waals surface area contributed by atoms with Crippen LogP contribution in [-0.4, -0.2) is 12.9 Å². The molecule has 1 aromatic rings. The van der Waals surface area contributed by atoms with Crippen molar-refractivity contribution in [1.29, 1.82) is 0 Å². The van der Waals surface area contributed by atoms with Crippen molar-refractivity contribution in [2.45, 2.75) is 0 Å². The molecule has 16 heavy (non-hydrogen) atoms. The molecular formula is C12H11N3O. The number of aliphatic imine (C=N–C) groups is 1. The van der Waals surface area contributed by atoms with E-state index in [1.807, 2.05) is 30.3 Å². The maximum atomic E-state index is 5.50. The largest absolute Gasteiger partial charge is 0.445 e. The lowest BCUT2D eigenvalue weighted by molar-refractivity contribution is 0.301. The van der Waals surface area contributed by atoms with Crippen molar-refractivity contribution in [2.75, 3.05) is 6.67 Å². The lowest BCUT2D eigenvalue weighted by Crippen LogP contribution is -2.30. The third kappa shape index (κ3) is 1.54. The van der Waals surface area contributed by atoms with Crippen LogP contribution < -0.4 is 10.6 Å². The molecule has 0 fully saturated rings. The minimum absolute atomic E-state index is 0.565. The summed E-state index contributed by atoms with van der Waals surface area (Å²) in [5, 5.41) is 6.32. The highest BCUT2D eigenvalue weighted by Gasteiger charge is 2.16. The van der Waals surface area contributed by atoms with E-state index in [0.717, 1.165) is 22.8 Å². The first-order valence-corrected chi connectivity index (χ1v) is 5.11. The number of nitrogens with zero attached hydrogens (tertiary/aromatic N) is 1. The fraction of sp³-hybridized carbons (Fsp3) is 0.0833. The Hall–Kier alpha value is -2.23. The number of nitrogens with one attached hydrogen (secondary N) is 2. The van der Waals surface area contributed by atoms with E-state index < -0.39 is 0 Å². The Morgan fingerprint density at radius 2 is 2.06 bits per heavy atom. The van der Waals surface area contributed by atoms with Crippen LogP contribution in [0.1, 0.15) is 5.56 Å². The van der Waals surface area contributed by atoms with Gasteiger partial charge in [-0.05, 0) is 0 Å². The fourth-order valence-corrected chi connectivity index (χ4v) is 1.65. The average molecular weight is 213 g/mol. The molecule has 0 aromatic heterocycles. The molecule has 0 atom stereocenters. The van der Waals surface area contributed by atoms with E-state index in [9.17, 15) is 0 Å². The van der Waals surface area contributed by atoms with Gasteiger partial charge in [0.05, 0.1) is 11.9 Å². The van der Waals surface area contributed by atoms with Gasteiger partial charge in [0.1, 0.15) is 18.6 Å². The third-order valence-electron chi connectivity index (χ3n) is 2.44. The summed E-state index contributed by atoms with van der Waals surface area (Å²) in [5.41, 5.74) is 2.90. The summed E-state index contributed by atoms with van der Waals surface area (Å²) >= 11 is 0. The van der Waals surface area contributed by atoms with E-state index in [1.54, 1.807) is 12.5 Å². The van der Waals surface area contributed by atoms with Crippen LogP contribution in [0.2, 0.25) is 0 Å². The van der Waals surface area contributed by atoms with Crippen LogP contribution in [0.25, 0.3) is 5.70 Å². The number of allylic oxidation sites excluding steroid dienone is 1. The minimum Gasteiger partial charge on any atom is -0.445 e. The van der Waals surface area contributed by atoms with Crippen LogP contribution >= 0.6 is 0 Å². The SMILES string of the molecule is C1=NCNC2=C1NC(c1ccccc1)=CO2. The summed E-state index contributed by atoms with van der Waals surface area (Å²) in [6, 6.07) is 10.0. The molecule has 0 radical (unpaired) electrons. The minimum atomic E-state index is 0.565. The molecule has 2 aliphatic rings. The van der Waals surface area contributed by atoms with E-state index in [0.29, 0.717) is 6.67 Å². The number of rotatable bonds is 1. The fourth-order valence-electron chi connectivity index (χ4n) is 1.65. The van der Waals surface area contributed by atoms with Gasteiger partial charge in [0.15, 0.2) is 0 Å². The second kappa shape index (κ2) is 3.73. The average Bonchev–Trinajstić information content (AvgIpc) is 2.39. The summed E-state index contributed by atoms with van der Waals surface area (Å²) in [5.74, 6) is 0.731. The van der Waals surface area contributed by atoms with Gasteiger partial charge in [-0.3, -0.25) is 4.99 Å². The quantitative estimate of drug-likeness (QED) is 0.741. The van der Waals surface area contributed by atoms with Gasteiger partial charge in [0.25, 0.3) is 0 Å². The lowest BCUT2D eigenvalue weighted by Gasteiger charge is -2.23. The summed E-state index contributed by atoms with van der Waals surface area (Å²) in [4.78, 5) is 4.13. The molecule has 0 saturated heterocycles. The molecule has 1 aromatic carbocycles. The van der Waals surface area contributed by atoms with Gasteiger partial charge in [-0.1, -0.05) is 30.3 Å². The van der Waals surface area contributed by atoms with Gasteiger partial charge in [0.2, 0.25) is 5.88 Å². The molecule has 3 rings (SSSR count). The molecule has 0 amide bonds. The van der Waals surface area contributed by atoms with Crippen LogP contribution in [-0.2, 0) is 4.74 Å². The standard InChI is InChI=1S/C12H11N3O/c1-2-4-9(5-3-1)11-7-16-12-10(15-11)6-13-8-14-12/h1-7,14-15H,8H2. The van der Waals surface area contributed by atoms with Crippen molar-refractivity contribution in [1.82, 2.24) is 10.6 Å². The zero-order valence-electron chi connectivity index (χ0n) is 8.60. The predicted molar refractivity (Wildman–Crippen MR) is 62.2 cm³/mol. The maximum absolute atomic E-state index is 5.50. The van der Waals surface area contributed by atoms with E-state index in [-0.39, 0.29) is 0 Å². The summed E-state index contributed by atoms with van der Waals surface area (Å²) < 4.78 is 5.50. The second-order valence-corrected chi connectivity index (χ2v) is 3.53. The Bertz CT molecular complexity index is 488. The Kier molecular flexibility index (Phi) is 2.11. The first kappa shape index (κ1) is 9.03. The van der Waals surface area contributed by atoms with Crippen LogP contribution in [0.4, 0.5) is 0 Å². The van der Waals surface area contributed by atoms with E-state index in [1.165, 1.54) is 0 Å². The molecule has 0 spiro atoms. The molecule has 0 aliphatic carbocycles. The molecule has 4 heteroatoms. The van der Waals surface area contributed by atoms with Crippen molar-refractivity contribution in [3.8, 4) is 0 Å². The molecule has 2 N–H and O–H groups in total. The molecule has 0 unspecified atom stereocenters. The van der Waals surface area contributed by atoms with E-state index >= 15 is 0 Å². The summed E-state index contributed by atoms with van der Waals surface area (Å²) in [6.07, 6.45) is 3.49. The monoisotopic (exact) mass is 213 g/mol. The van der Waals surface area contributed by atoms with E-state index in [2.05, 4.69) is 15.6 Å². The number of ether oxygens (including phenoxy) is 1. The molecule has 0 saturated carbocycles. The van der Waals surface area contributed by atoms with Crippen molar-refractivity contribution in [3.05, 3.63) is 53.7 Å². The van der Waals surface area contributed by atoms with Gasteiger partial charge < -0.3 is 15.4 Å². The first-order valence-electron chi connectivity index (χ1n) is 5.11. The number of hydrogen-bond acceptors (Lipinski definition) is 4. The molecular weight excluding hydrogens is 202 g/mol. The summed E-state index contributed by atoms with van der Waals surface area (Å²) in [7, 11) is 0. The number of benzene rings is 1. The van der Waals surface area contributed by atoms with Crippen LogP contribution in [0, 0.1) is 0 Å². The van der Waals surface area contributed by atoms with Crippen LogP contribution in [0.3, 0.4) is 0 Å². The van der Waals surface area contributed by atoms with E-state index in [4.69, 9.17) is 4.74 Å². The topological polar surface area (TPSA) is 45.7 Å². The van der Waals surface area contributed by atoms with Crippen molar-refractivity contribution >= 4 is 11.9 Å². The highest BCUT2D eigenvalue weighted by atomic mass is 16.5. The van der Waals surface area contributed by atoms with Gasteiger partial charge in [-0.25, -0.2) is 0 Å². The normalized spacial score (nSPS) is 17.9. The third-order valence-corrected chi connectivity index (χ3v) is 2.44. The smallest absolute Gasteiger partial charge is 0.219 e. The molecule has 2 aliphatic heterocycles. The van der Waals surface area contributed by atoms with Crippen molar-refractivity contribution in [2.24, 2.45) is 4.99 Å². The van der Waals surface area contributed by atoms with Crippen molar-refractivity contribution in [3.63, 3.8) is 0 Å². The Morgan fingerprint density at radius 3 is 2.94 bits per heavy atom. The van der Waals surface area contributed by atoms with Gasteiger partial charge >= 0.3 is 0 Å². The molecule has 4 nitrogen and oxygen atoms in total. The lowest BCUT2D eigenvalue weighted by atomic mass is 10.1. The zero-order valence-corrected chi connectivity index (χ0v) is 8.60. The van der Waals surface area contributed by atoms with Crippen molar-refractivity contribution < 1.29 is 4.74 Å². The van der Waals surface area contributed by atoms with Gasteiger partial charge in [-0.2, -0.15) is 0 Å². The second-order valence-electron chi connectivity index (χ2n) is 3.53. The Labute approximate surface area is 93.3 Å². The van der Waals surface area contributed by atoms with Crippen LogP contribution in [0.5, 0.6) is 0 Å². The maximum Gasteiger partial charge on any atom is 0.219 e. The molecule has 0 bridgehead atoms. The number of hydrogen-bond donors (Lipinski definition) is 2. The highest BCUT2D eigenvalue weighted by molar-refractivity contribution is 5.84. The Balaban J connectivity index is 1.87. The predicted octanol–water partition coefficient (Wildman–Crippen LogP) is 1.41. The van der Waals surface area contributed by atoms with Gasteiger partial charge in [-0.15, -0.1) is 0 Å². The Morgan fingerprint density at radius 1 is 1.19 bits per heavy atom. The summed E-state index contributed by atoms with van der Waals surface area (Å²) in [6.45, 7) is 0.565. The molecule has 2 heterocycles. The first-order chi connectivity index (χ1) is 7.93.